The van der Waals surface area contributed by atoms with Crippen LogP contribution in [-0.4, -0.2) is 49.6 Å². The van der Waals surface area contributed by atoms with Crippen LogP contribution in [0.15, 0.2) is 0 Å². The first-order chi connectivity index (χ1) is 4.00. The van der Waals surface area contributed by atoms with Crippen LogP contribution in [0.5, 0.6) is 0 Å². The molecule has 0 bridgehead atoms. The third kappa shape index (κ3) is 1780. The van der Waals surface area contributed by atoms with Crippen LogP contribution >= 0.6 is 8.17 Å². The Balaban J connectivity index is -0.000000107. The first-order valence-electron chi connectivity index (χ1n) is 1.54. The van der Waals surface area contributed by atoms with Crippen LogP contribution in [-0.2, 0) is 10.4 Å². The fourth-order valence-corrected chi connectivity index (χ4v) is 0. The van der Waals surface area contributed by atoms with E-state index in [2.05, 4.69) is 0 Å². The van der Waals surface area contributed by atoms with E-state index in [0.717, 1.165) is 0 Å². The second-order valence-electron chi connectivity index (χ2n) is 0.982. The summed E-state index contributed by atoms with van der Waals surface area (Å²) in [5.74, 6) is 0. The van der Waals surface area contributed by atoms with Crippen molar-refractivity contribution in [3.63, 3.8) is 0 Å². The van der Waals surface area contributed by atoms with E-state index in [-0.39, 0.29) is 17.4 Å². The van der Waals surface area contributed by atoms with Crippen molar-refractivity contribution in [1.29, 1.82) is 0 Å². The maximum absolute atomic E-state index is 8.91. The molecule has 0 aliphatic heterocycles. The van der Waals surface area contributed by atoms with Crippen molar-refractivity contribution in [2.24, 2.45) is 0 Å². The molecule has 0 atom stereocenters. The molecule has 0 aromatic carbocycles. The average molecular weight is 222 g/mol. The minimum atomic E-state index is -5.17. The molecule has 0 aromatic rings. The van der Waals surface area contributed by atoms with Crippen LogP contribution in [0.2, 0.25) is 0 Å². The van der Waals surface area contributed by atoms with Crippen molar-refractivity contribution in [2.75, 3.05) is 0 Å². The molecule has 0 unspecified atom stereocenters. The summed E-state index contributed by atoms with van der Waals surface area (Å²) in [6.07, 6.45) is 0. The molecule has 11 heavy (non-hydrogen) atoms. The van der Waals surface area contributed by atoms with E-state index >= 15 is 0 Å². The second-order valence-corrected chi connectivity index (χ2v) is 2.95. The molecule has 0 saturated heterocycles. The summed E-state index contributed by atoms with van der Waals surface area (Å²) < 4.78 is 34.1. The summed E-state index contributed by atoms with van der Waals surface area (Å²) in [7, 11) is -10.0. The van der Waals surface area contributed by atoms with E-state index in [9.17, 15) is 0 Å². The van der Waals surface area contributed by atoms with Gasteiger partial charge in [-0.15, -0.1) is 0 Å². The Kier molecular flexibility index (Phi) is 9.99. The minimum absolute atomic E-state index is 0. The fraction of sp³-hybridized carbons (Fsp3) is 0. The Morgan fingerprint density at radius 3 is 1.09 bits per heavy atom. The van der Waals surface area contributed by atoms with Gasteiger partial charge in [0.1, 0.15) is 0 Å². The van der Waals surface area contributed by atoms with Gasteiger partial charge in [-0.3, -0.25) is 8.42 Å². The quantitative estimate of drug-likeness (QED) is 0.161. The molecule has 3 N–H and O–H groups in total. The van der Waals surface area contributed by atoms with Crippen molar-refractivity contribution in [2.45, 2.75) is 0 Å². The molecule has 0 aliphatic carbocycles. The third-order valence-corrected chi connectivity index (χ3v) is 0. The Hall–Kier alpha value is 0.672. The van der Waals surface area contributed by atoms with E-state index in [0.29, 0.717) is 0 Å². The molecule has 0 saturated carbocycles. The van der Waals surface area contributed by atoms with Crippen LogP contribution < -0.4 is 4.89 Å². The fourth-order valence-electron chi connectivity index (χ4n) is 0. The number of rotatable bonds is 0. The van der Waals surface area contributed by atoms with Crippen molar-refractivity contribution < 1.29 is 37.1 Å². The van der Waals surface area contributed by atoms with Gasteiger partial charge in [0.2, 0.25) is 0 Å². The van der Waals surface area contributed by atoms with Crippen LogP contribution in [0.4, 0.5) is 0 Å². The van der Waals surface area contributed by atoms with Gasteiger partial charge < -0.3 is 9.11 Å². The van der Waals surface area contributed by atoms with Gasteiger partial charge in [-0.1, -0.05) is 0 Å². The molecular formula is H4AlO8PS. The molecule has 0 spiro atoms. The van der Waals surface area contributed by atoms with E-state index in [4.69, 9.17) is 37.1 Å². The number of hydrogen-bond donors (Lipinski definition) is 3. The van der Waals surface area contributed by atoms with Crippen LogP contribution in [0.1, 0.15) is 0 Å². The topological polar surface area (TPSA) is 164 Å². The molecule has 8 nitrogen and oxygen atoms in total. The van der Waals surface area contributed by atoms with E-state index < -0.39 is 18.6 Å². The summed E-state index contributed by atoms with van der Waals surface area (Å²) in [6, 6.07) is 0. The predicted molar refractivity (Wildman–Crippen MR) is 31.2 cm³/mol. The first kappa shape index (κ1) is 17.7. The molecular weight excluding hydrogens is 218 g/mol. The van der Waals surface area contributed by atoms with E-state index in [1.807, 2.05) is 0 Å². The first-order valence-corrected chi connectivity index (χ1v) is 4.62. The molecule has 66 valence electrons. The third-order valence-electron chi connectivity index (χ3n) is 0. The van der Waals surface area contributed by atoms with Gasteiger partial charge in [0.15, 0.2) is 0 Å². The van der Waals surface area contributed by atoms with Gasteiger partial charge in [-0.2, -0.15) is 0 Å². The normalized spacial score (nSPS) is 12.2. The maximum atomic E-state index is 8.91. The van der Waals surface area contributed by atoms with E-state index in [1.54, 1.807) is 0 Å². The zero-order valence-electron chi connectivity index (χ0n) is 4.87. The van der Waals surface area contributed by atoms with Crippen molar-refractivity contribution in [1.82, 2.24) is 0 Å². The van der Waals surface area contributed by atoms with Crippen LogP contribution in [0, 0.1) is 0 Å². The van der Waals surface area contributed by atoms with Crippen molar-refractivity contribution in [3.8, 4) is 0 Å². The Morgan fingerprint density at radius 1 is 1.09 bits per heavy atom. The van der Waals surface area contributed by atoms with Gasteiger partial charge in [-0.25, -0.2) is 0 Å². The molecule has 11 heteroatoms. The summed E-state index contributed by atoms with van der Waals surface area (Å²) >= 11 is 0. The van der Waals surface area contributed by atoms with Gasteiger partial charge in [0, 0.05) is 10.4 Å². The van der Waals surface area contributed by atoms with E-state index in [1.165, 1.54) is 0 Å². The Labute approximate surface area is 73.5 Å². The monoisotopic (exact) mass is 222 g/mol. The molecule has 0 rings (SSSR count). The van der Waals surface area contributed by atoms with Crippen LogP contribution in [0.25, 0.3) is 0 Å². The summed E-state index contributed by atoms with van der Waals surface area (Å²) in [6.45, 7) is 0. The Bertz CT molecular complexity index is 149. The summed E-state index contributed by atoms with van der Waals surface area (Å²) in [5.41, 5.74) is 0. The van der Waals surface area contributed by atoms with Gasteiger partial charge in [0.05, 0.1) is 0 Å². The molecule has 0 aliphatic rings. The van der Waals surface area contributed by atoms with Gasteiger partial charge in [-0.05, 0) is 0 Å². The zero-order chi connectivity index (χ0) is 9.00. The predicted octanol–water partition coefficient (Wildman–Crippen LogP) is -3.99. The number of hydrogen-bond acceptors (Lipinski definition) is 8. The van der Waals surface area contributed by atoms with Gasteiger partial charge in [0.25, 0.3) is 0 Å². The molecule has 0 fully saturated rings. The molecule has 0 amide bonds. The SMILES string of the molecule is O=S(=O)([O-])[O-].[Al+3].[O-][PH](O)(O)O. The zero-order valence-corrected chi connectivity index (χ0v) is 7.84. The standard InChI is InChI=1S/Al.H4O4P.H2O4S/c;2*1-5(2,3)4/h;1-3,5H;(H2,1,2,3,4)/q+3;-1;/p-2. The average Bonchev–Trinajstić information content (AvgIpc) is 1.12. The Morgan fingerprint density at radius 2 is 1.09 bits per heavy atom. The molecule has 0 aromatic heterocycles. The molecule has 0 radical (unpaired) electrons. The van der Waals surface area contributed by atoms with Crippen molar-refractivity contribution >= 4 is 35.9 Å². The van der Waals surface area contributed by atoms with Crippen molar-refractivity contribution in [3.05, 3.63) is 0 Å². The summed E-state index contributed by atoms with van der Waals surface area (Å²) in [4.78, 5) is 30.6. The molecule has 0 heterocycles. The van der Waals surface area contributed by atoms with Gasteiger partial charge >= 0.3 is 45.1 Å². The second kappa shape index (κ2) is 6.22. The summed E-state index contributed by atoms with van der Waals surface area (Å²) in [5, 5.41) is 0. The van der Waals surface area contributed by atoms with Crippen LogP contribution in [0.3, 0.4) is 0 Å².